The van der Waals surface area contributed by atoms with Crippen LogP contribution in [0.4, 0.5) is 11.5 Å². The number of carbonyl (C=O) groups is 1. The van der Waals surface area contributed by atoms with Crippen molar-refractivity contribution in [3.05, 3.63) is 53.2 Å². The van der Waals surface area contributed by atoms with E-state index in [4.69, 9.17) is 11.6 Å². The number of rotatable bonds is 3. The SMILES string of the molecule is O=C(Nc1ccccc1Cl)c1cccnc1N1CCCC1. The number of anilines is 2. The predicted molar refractivity (Wildman–Crippen MR) is 85.1 cm³/mol. The maximum atomic E-state index is 12.5. The average Bonchev–Trinajstić information content (AvgIpc) is 3.04. The Labute approximate surface area is 128 Å². The lowest BCUT2D eigenvalue weighted by molar-refractivity contribution is 0.102. The number of aromatic nitrogens is 1. The molecule has 2 heterocycles. The maximum absolute atomic E-state index is 12.5. The van der Waals surface area contributed by atoms with Gasteiger partial charge in [0, 0.05) is 19.3 Å². The molecular formula is C16H16ClN3O. The fourth-order valence-corrected chi connectivity index (χ4v) is 2.69. The van der Waals surface area contributed by atoms with E-state index in [1.165, 1.54) is 0 Å². The van der Waals surface area contributed by atoms with E-state index in [2.05, 4.69) is 15.2 Å². The highest BCUT2D eigenvalue weighted by molar-refractivity contribution is 6.34. The van der Waals surface area contributed by atoms with E-state index in [-0.39, 0.29) is 5.91 Å². The van der Waals surface area contributed by atoms with Crippen molar-refractivity contribution in [1.82, 2.24) is 4.98 Å². The Morgan fingerprint density at radius 3 is 2.67 bits per heavy atom. The summed E-state index contributed by atoms with van der Waals surface area (Å²) in [6, 6.07) is 10.8. The quantitative estimate of drug-likeness (QED) is 0.942. The number of hydrogen-bond donors (Lipinski definition) is 1. The van der Waals surface area contributed by atoms with Crippen LogP contribution in [-0.2, 0) is 0 Å². The van der Waals surface area contributed by atoms with Gasteiger partial charge in [-0.05, 0) is 37.1 Å². The number of pyridine rings is 1. The van der Waals surface area contributed by atoms with Gasteiger partial charge in [0.2, 0.25) is 0 Å². The summed E-state index contributed by atoms with van der Waals surface area (Å²) >= 11 is 6.08. The van der Waals surface area contributed by atoms with Gasteiger partial charge in [-0.1, -0.05) is 23.7 Å². The molecule has 108 valence electrons. The molecule has 1 aliphatic heterocycles. The van der Waals surface area contributed by atoms with Crippen molar-refractivity contribution in [3.8, 4) is 0 Å². The molecule has 0 unspecified atom stereocenters. The predicted octanol–water partition coefficient (Wildman–Crippen LogP) is 3.59. The molecule has 3 rings (SSSR count). The second kappa shape index (κ2) is 6.14. The van der Waals surface area contributed by atoms with E-state index in [9.17, 15) is 4.79 Å². The minimum absolute atomic E-state index is 0.182. The lowest BCUT2D eigenvalue weighted by Crippen LogP contribution is -2.24. The number of hydrogen-bond acceptors (Lipinski definition) is 3. The molecule has 1 fully saturated rings. The van der Waals surface area contributed by atoms with Crippen molar-refractivity contribution in [2.75, 3.05) is 23.3 Å². The zero-order chi connectivity index (χ0) is 14.7. The molecule has 0 radical (unpaired) electrons. The van der Waals surface area contributed by atoms with Crippen LogP contribution in [0.15, 0.2) is 42.6 Å². The van der Waals surface area contributed by atoms with Gasteiger partial charge in [-0.25, -0.2) is 4.98 Å². The van der Waals surface area contributed by atoms with Crippen molar-refractivity contribution >= 4 is 29.0 Å². The molecule has 1 saturated heterocycles. The lowest BCUT2D eigenvalue weighted by Gasteiger charge is -2.19. The third kappa shape index (κ3) is 3.00. The highest BCUT2D eigenvalue weighted by Crippen LogP contribution is 2.25. The number of carbonyl (C=O) groups excluding carboxylic acids is 1. The average molecular weight is 302 g/mol. The minimum Gasteiger partial charge on any atom is -0.356 e. The van der Waals surface area contributed by atoms with Crippen LogP contribution in [0.1, 0.15) is 23.2 Å². The summed E-state index contributed by atoms with van der Waals surface area (Å²) in [6.07, 6.45) is 4.00. The number of amides is 1. The number of benzene rings is 1. The van der Waals surface area contributed by atoms with Crippen LogP contribution in [0.25, 0.3) is 0 Å². The summed E-state index contributed by atoms with van der Waals surface area (Å²) in [5, 5.41) is 3.38. The van der Waals surface area contributed by atoms with Crippen LogP contribution in [-0.4, -0.2) is 24.0 Å². The highest BCUT2D eigenvalue weighted by Gasteiger charge is 2.20. The van der Waals surface area contributed by atoms with Gasteiger partial charge in [-0.3, -0.25) is 4.79 Å². The minimum atomic E-state index is -0.182. The zero-order valence-electron chi connectivity index (χ0n) is 11.6. The molecule has 1 amide bonds. The first kappa shape index (κ1) is 13.9. The van der Waals surface area contributed by atoms with Crippen molar-refractivity contribution < 1.29 is 4.79 Å². The van der Waals surface area contributed by atoms with Crippen LogP contribution in [0, 0.1) is 0 Å². The fourth-order valence-electron chi connectivity index (χ4n) is 2.51. The molecule has 0 aliphatic carbocycles. The van der Waals surface area contributed by atoms with Gasteiger partial charge in [0.15, 0.2) is 0 Å². The maximum Gasteiger partial charge on any atom is 0.259 e. The van der Waals surface area contributed by atoms with Crippen LogP contribution in [0.3, 0.4) is 0 Å². The molecule has 1 aliphatic rings. The van der Waals surface area contributed by atoms with Crippen LogP contribution >= 0.6 is 11.6 Å². The molecular weight excluding hydrogens is 286 g/mol. The molecule has 5 heteroatoms. The molecule has 0 saturated carbocycles. The number of nitrogens with one attached hydrogen (secondary N) is 1. The van der Waals surface area contributed by atoms with Crippen molar-refractivity contribution in [2.45, 2.75) is 12.8 Å². The van der Waals surface area contributed by atoms with Crippen molar-refractivity contribution in [2.24, 2.45) is 0 Å². The molecule has 1 N–H and O–H groups in total. The van der Waals surface area contributed by atoms with Gasteiger partial charge in [0.1, 0.15) is 5.82 Å². The van der Waals surface area contributed by atoms with Gasteiger partial charge >= 0.3 is 0 Å². The Kier molecular flexibility index (Phi) is 4.06. The van der Waals surface area contributed by atoms with E-state index in [0.717, 1.165) is 31.7 Å². The summed E-state index contributed by atoms with van der Waals surface area (Å²) in [4.78, 5) is 19.0. The van der Waals surface area contributed by atoms with Crippen molar-refractivity contribution in [3.63, 3.8) is 0 Å². The first-order chi connectivity index (χ1) is 10.3. The van der Waals surface area contributed by atoms with Crippen LogP contribution < -0.4 is 10.2 Å². The molecule has 2 aromatic rings. The molecule has 21 heavy (non-hydrogen) atoms. The Hall–Kier alpha value is -2.07. The molecule has 0 spiro atoms. The van der Waals surface area contributed by atoms with Gasteiger partial charge in [0.05, 0.1) is 16.3 Å². The second-order valence-corrected chi connectivity index (χ2v) is 5.41. The molecule has 1 aromatic carbocycles. The van der Waals surface area contributed by atoms with Gasteiger partial charge in [-0.2, -0.15) is 0 Å². The standard InChI is InChI=1S/C16H16ClN3O/c17-13-7-1-2-8-14(13)19-16(21)12-6-5-9-18-15(12)20-10-3-4-11-20/h1-2,5-9H,3-4,10-11H2,(H,19,21). The highest BCUT2D eigenvalue weighted by atomic mass is 35.5. The largest absolute Gasteiger partial charge is 0.356 e. The monoisotopic (exact) mass is 301 g/mol. The number of halogens is 1. The zero-order valence-corrected chi connectivity index (χ0v) is 12.3. The Morgan fingerprint density at radius 2 is 1.90 bits per heavy atom. The lowest BCUT2D eigenvalue weighted by atomic mass is 10.2. The van der Waals surface area contributed by atoms with E-state index < -0.39 is 0 Å². The van der Waals surface area contributed by atoms with E-state index >= 15 is 0 Å². The fraction of sp³-hybridized carbons (Fsp3) is 0.250. The summed E-state index contributed by atoms with van der Waals surface area (Å²) in [5.41, 5.74) is 1.19. The van der Waals surface area contributed by atoms with E-state index in [1.54, 1.807) is 30.5 Å². The molecule has 0 atom stereocenters. The molecule has 0 bridgehead atoms. The Morgan fingerprint density at radius 1 is 1.14 bits per heavy atom. The van der Waals surface area contributed by atoms with Gasteiger partial charge < -0.3 is 10.2 Å². The third-order valence-corrected chi connectivity index (χ3v) is 3.89. The van der Waals surface area contributed by atoms with E-state index in [0.29, 0.717) is 16.3 Å². The smallest absolute Gasteiger partial charge is 0.259 e. The Balaban J connectivity index is 1.86. The first-order valence-corrected chi connectivity index (χ1v) is 7.39. The van der Waals surface area contributed by atoms with E-state index in [1.807, 2.05) is 12.1 Å². The second-order valence-electron chi connectivity index (χ2n) is 5.00. The first-order valence-electron chi connectivity index (χ1n) is 7.01. The summed E-state index contributed by atoms with van der Waals surface area (Å²) in [5.74, 6) is 0.567. The van der Waals surface area contributed by atoms with Crippen LogP contribution in [0.2, 0.25) is 5.02 Å². The summed E-state index contributed by atoms with van der Waals surface area (Å²) < 4.78 is 0. The normalized spacial score (nSPS) is 14.2. The van der Waals surface area contributed by atoms with Gasteiger partial charge in [0.25, 0.3) is 5.91 Å². The third-order valence-electron chi connectivity index (χ3n) is 3.56. The van der Waals surface area contributed by atoms with Gasteiger partial charge in [-0.15, -0.1) is 0 Å². The number of para-hydroxylation sites is 1. The molecule has 1 aromatic heterocycles. The summed E-state index contributed by atoms with van der Waals surface area (Å²) in [7, 11) is 0. The number of nitrogens with zero attached hydrogens (tertiary/aromatic N) is 2. The molecule has 4 nitrogen and oxygen atoms in total. The summed E-state index contributed by atoms with van der Waals surface area (Å²) in [6.45, 7) is 1.90. The Bertz CT molecular complexity index is 653. The van der Waals surface area contributed by atoms with Crippen LogP contribution in [0.5, 0.6) is 0 Å². The van der Waals surface area contributed by atoms with Crippen molar-refractivity contribution in [1.29, 1.82) is 0 Å². The topological polar surface area (TPSA) is 45.2 Å².